The number of carbonyl (C=O) groups excluding carboxylic acids is 1. The zero-order valence-corrected chi connectivity index (χ0v) is 20.4. The van der Waals surface area contributed by atoms with Crippen LogP contribution in [0.4, 0.5) is 10.1 Å². The van der Waals surface area contributed by atoms with E-state index in [0.717, 1.165) is 44.3 Å². The topological polar surface area (TPSA) is 63.6 Å². The van der Waals surface area contributed by atoms with Crippen LogP contribution in [0, 0.1) is 11.7 Å². The van der Waals surface area contributed by atoms with Gasteiger partial charge < -0.3 is 19.5 Å². The van der Waals surface area contributed by atoms with Gasteiger partial charge in [-0.25, -0.2) is 4.39 Å². The maximum Gasteiger partial charge on any atom is 0.200 e. The molecule has 3 fully saturated rings. The third kappa shape index (κ3) is 4.01. The van der Waals surface area contributed by atoms with E-state index < -0.39 is 17.0 Å². The first kappa shape index (κ1) is 23.0. The molecule has 6 rings (SSSR count). The van der Waals surface area contributed by atoms with E-state index >= 15 is 4.39 Å². The number of rotatable bonds is 6. The number of halogens is 1. The average molecular weight is 488 g/mol. The Kier molecular flexibility index (Phi) is 5.88. The molecule has 186 valence electrons. The molecule has 2 unspecified atom stereocenters. The Bertz CT molecular complexity index is 1400. The number of nitrogens with one attached hydrogen (secondary N) is 1. The number of pyridine rings is 1. The molecule has 3 heterocycles. The molecule has 0 amide bonds. The number of methoxy groups -OCH3 is 1. The highest BCUT2D eigenvalue weighted by molar-refractivity contribution is 6.08. The van der Waals surface area contributed by atoms with Crippen molar-refractivity contribution in [2.45, 2.75) is 37.8 Å². The number of carbonyl (C=O) groups is 1. The predicted molar refractivity (Wildman–Crippen MR) is 140 cm³/mol. The van der Waals surface area contributed by atoms with Gasteiger partial charge in [0.15, 0.2) is 17.3 Å². The molecule has 36 heavy (non-hydrogen) atoms. The van der Waals surface area contributed by atoms with Crippen LogP contribution in [0.3, 0.4) is 0 Å². The number of benzene rings is 2. The standard InChI is InChI=1S/C29H30FN3O3/c1-36-29-26-21(14-23(30)27(29)32-15-19-8-5-13-31-24(19)17-32)28(35)22(16-33(26)20-10-11-20)25(34)12-9-18-6-3-2-4-7-18/h2-4,6-7,9,12,14,16,19-20,24,31H,5,8,10-11,13,15,17H2,1H3. The summed E-state index contributed by atoms with van der Waals surface area (Å²) in [4.78, 5) is 28.7. The van der Waals surface area contributed by atoms with Gasteiger partial charge >= 0.3 is 0 Å². The molecule has 1 N–H and O–H groups in total. The minimum atomic E-state index is -0.484. The smallest absolute Gasteiger partial charge is 0.200 e. The van der Waals surface area contributed by atoms with E-state index in [0.29, 0.717) is 35.5 Å². The highest BCUT2D eigenvalue weighted by Crippen LogP contribution is 2.45. The maximum atomic E-state index is 15.7. The van der Waals surface area contributed by atoms with Gasteiger partial charge in [-0.3, -0.25) is 9.59 Å². The molecule has 0 bridgehead atoms. The van der Waals surface area contributed by atoms with Crippen molar-refractivity contribution in [3.63, 3.8) is 0 Å². The van der Waals surface area contributed by atoms with E-state index in [2.05, 4.69) is 10.2 Å². The van der Waals surface area contributed by atoms with Crippen LogP contribution in [0.15, 0.2) is 53.5 Å². The van der Waals surface area contributed by atoms with Crippen molar-refractivity contribution in [1.29, 1.82) is 0 Å². The molecule has 1 saturated carbocycles. The summed E-state index contributed by atoms with van der Waals surface area (Å²) >= 11 is 0. The van der Waals surface area contributed by atoms with Crippen LogP contribution in [0.2, 0.25) is 0 Å². The molecule has 1 aromatic heterocycles. The fourth-order valence-corrected chi connectivity index (χ4v) is 5.80. The fourth-order valence-electron chi connectivity index (χ4n) is 5.80. The summed E-state index contributed by atoms with van der Waals surface area (Å²) in [5.41, 5.74) is 1.44. The molecule has 2 aliphatic heterocycles. The van der Waals surface area contributed by atoms with E-state index in [9.17, 15) is 9.59 Å². The number of allylic oxidation sites excluding steroid dienone is 1. The van der Waals surface area contributed by atoms with Crippen LogP contribution >= 0.6 is 0 Å². The quantitative estimate of drug-likeness (QED) is 0.408. The molecular weight excluding hydrogens is 457 g/mol. The van der Waals surface area contributed by atoms with Crippen molar-refractivity contribution in [2.75, 3.05) is 31.6 Å². The summed E-state index contributed by atoms with van der Waals surface area (Å²) in [5.74, 6) is -0.0211. The highest BCUT2D eigenvalue weighted by atomic mass is 19.1. The average Bonchev–Trinajstić information content (AvgIpc) is 3.65. The van der Waals surface area contributed by atoms with Crippen LogP contribution < -0.4 is 20.4 Å². The van der Waals surface area contributed by atoms with E-state index in [-0.39, 0.29) is 17.0 Å². The predicted octanol–water partition coefficient (Wildman–Crippen LogP) is 4.57. The van der Waals surface area contributed by atoms with Crippen LogP contribution in [0.1, 0.15) is 47.6 Å². The second-order valence-corrected chi connectivity index (χ2v) is 10.1. The van der Waals surface area contributed by atoms with Gasteiger partial charge in [-0.1, -0.05) is 36.4 Å². The monoisotopic (exact) mass is 487 g/mol. The Balaban J connectivity index is 1.46. The maximum absolute atomic E-state index is 15.7. The number of fused-ring (bicyclic) bond motifs is 2. The lowest BCUT2D eigenvalue weighted by molar-refractivity contribution is 0.104. The number of nitrogens with zero attached hydrogens (tertiary/aromatic N) is 2. The summed E-state index contributed by atoms with van der Waals surface area (Å²) < 4.78 is 23.5. The van der Waals surface area contributed by atoms with Crippen LogP contribution in [0.25, 0.3) is 17.0 Å². The number of ketones is 1. The van der Waals surface area contributed by atoms with Crippen molar-refractivity contribution in [3.05, 3.63) is 75.8 Å². The number of anilines is 1. The summed E-state index contributed by atoms with van der Waals surface area (Å²) in [7, 11) is 1.53. The Morgan fingerprint density at radius 1 is 1.17 bits per heavy atom. The van der Waals surface area contributed by atoms with E-state index in [1.165, 1.54) is 19.3 Å². The first-order valence-corrected chi connectivity index (χ1v) is 12.8. The lowest BCUT2D eigenvalue weighted by atomic mass is 9.94. The molecule has 6 nitrogen and oxygen atoms in total. The minimum Gasteiger partial charge on any atom is -0.492 e. The Morgan fingerprint density at radius 3 is 2.69 bits per heavy atom. The Labute approximate surface area is 209 Å². The molecule has 3 aliphatic rings. The van der Waals surface area contributed by atoms with Crippen LogP contribution in [0.5, 0.6) is 5.75 Å². The molecular formula is C29H30FN3O3. The molecule has 0 spiro atoms. The number of aromatic nitrogens is 1. The second kappa shape index (κ2) is 9.21. The van der Waals surface area contributed by atoms with Crippen molar-refractivity contribution in [2.24, 2.45) is 5.92 Å². The number of hydrogen-bond donors (Lipinski definition) is 1. The van der Waals surface area contributed by atoms with Gasteiger partial charge in [0.25, 0.3) is 0 Å². The van der Waals surface area contributed by atoms with E-state index in [1.807, 2.05) is 34.9 Å². The number of hydrogen-bond acceptors (Lipinski definition) is 5. The van der Waals surface area contributed by atoms with Gasteiger partial charge in [-0.2, -0.15) is 0 Å². The summed E-state index contributed by atoms with van der Waals surface area (Å²) in [6.07, 6.45) is 8.89. The Morgan fingerprint density at radius 2 is 1.97 bits per heavy atom. The number of ether oxygens (including phenoxy) is 1. The summed E-state index contributed by atoms with van der Waals surface area (Å²) in [5, 5.41) is 3.75. The van der Waals surface area contributed by atoms with Crippen molar-refractivity contribution in [1.82, 2.24) is 9.88 Å². The largest absolute Gasteiger partial charge is 0.492 e. The lowest BCUT2D eigenvalue weighted by Gasteiger charge is -2.25. The lowest BCUT2D eigenvalue weighted by Crippen LogP contribution is -2.40. The normalized spacial score (nSPS) is 21.8. The third-order valence-electron chi connectivity index (χ3n) is 7.75. The molecule has 1 aliphatic carbocycles. The summed E-state index contributed by atoms with van der Waals surface area (Å²) in [6, 6.07) is 11.3. The van der Waals surface area contributed by atoms with Gasteiger partial charge in [0.2, 0.25) is 5.43 Å². The molecule has 7 heteroatoms. The molecule has 2 atom stereocenters. The van der Waals surface area contributed by atoms with Gasteiger partial charge in [0, 0.05) is 31.4 Å². The van der Waals surface area contributed by atoms with Gasteiger partial charge in [-0.05, 0) is 55.9 Å². The van der Waals surface area contributed by atoms with E-state index in [1.54, 1.807) is 12.3 Å². The van der Waals surface area contributed by atoms with Gasteiger partial charge in [0.1, 0.15) is 5.69 Å². The molecule has 3 aromatic rings. The SMILES string of the molecule is COc1c(N2CC3CCCNC3C2)c(F)cc2c(=O)c(C(=O)C=Cc3ccccc3)cn(C3CC3)c12. The van der Waals surface area contributed by atoms with Crippen LogP contribution in [-0.2, 0) is 0 Å². The summed E-state index contributed by atoms with van der Waals surface area (Å²) in [6.45, 7) is 2.45. The van der Waals surface area contributed by atoms with Crippen molar-refractivity contribution in [3.8, 4) is 5.75 Å². The molecule has 2 saturated heterocycles. The molecule has 0 radical (unpaired) electrons. The second-order valence-electron chi connectivity index (χ2n) is 10.1. The minimum absolute atomic E-state index is 0.0483. The van der Waals surface area contributed by atoms with Crippen molar-refractivity contribution >= 4 is 28.4 Å². The number of piperidine rings is 1. The first-order valence-electron chi connectivity index (χ1n) is 12.8. The van der Waals surface area contributed by atoms with Crippen molar-refractivity contribution < 1.29 is 13.9 Å². The van der Waals surface area contributed by atoms with E-state index in [4.69, 9.17) is 4.74 Å². The third-order valence-corrected chi connectivity index (χ3v) is 7.75. The zero-order valence-electron chi connectivity index (χ0n) is 20.4. The van der Waals surface area contributed by atoms with Crippen LogP contribution in [-0.4, -0.2) is 43.1 Å². The Hall–Kier alpha value is -3.45. The molecule has 2 aromatic carbocycles. The zero-order chi connectivity index (χ0) is 24.8. The van der Waals surface area contributed by atoms with Gasteiger partial charge in [-0.15, -0.1) is 0 Å². The first-order chi connectivity index (χ1) is 17.5. The van der Waals surface area contributed by atoms with Gasteiger partial charge in [0.05, 0.1) is 23.6 Å². The fraction of sp³-hybridized carbons (Fsp3) is 0.379. The highest BCUT2D eigenvalue weighted by Gasteiger charge is 2.38.